The average molecular weight is 301 g/mol. The van der Waals surface area contributed by atoms with Crippen molar-refractivity contribution >= 4 is 5.91 Å². The van der Waals surface area contributed by atoms with Crippen LogP contribution < -0.4 is 14.8 Å². The van der Waals surface area contributed by atoms with Crippen LogP contribution in [0.2, 0.25) is 0 Å². The molecule has 1 aliphatic heterocycles. The first-order chi connectivity index (χ1) is 10.1. The molecule has 0 bridgehead atoms. The van der Waals surface area contributed by atoms with E-state index in [2.05, 4.69) is 10.1 Å². The van der Waals surface area contributed by atoms with Crippen molar-refractivity contribution in [3.05, 3.63) is 23.8 Å². The molecule has 21 heavy (non-hydrogen) atoms. The molecule has 1 aliphatic rings. The summed E-state index contributed by atoms with van der Waals surface area (Å²) in [5.74, 6) is -0.0137. The summed E-state index contributed by atoms with van der Waals surface area (Å²) in [6, 6.07) is 4.53. The van der Waals surface area contributed by atoms with E-state index in [-0.39, 0.29) is 24.0 Å². The fourth-order valence-corrected chi connectivity index (χ4v) is 2.10. The average Bonchev–Trinajstić information content (AvgIpc) is 2.99. The number of methoxy groups -OCH3 is 1. The predicted octanol–water partition coefficient (Wildman–Crippen LogP) is 2.09. The van der Waals surface area contributed by atoms with Crippen LogP contribution in [-0.4, -0.2) is 32.3 Å². The zero-order valence-electron chi connectivity index (χ0n) is 11.6. The van der Waals surface area contributed by atoms with E-state index in [9.17, 15) is 13.6 Å². The molecule has 7 heteroatoms. The minimum absolute atomic E-state index is 0.0401. The van der Waals surface area contributed by atoms with Gasteiger partial charge in [0.15, 0.2) is 11.5 Å². The Morgan fingerprint density at radius 1 is 1.48 bits per heavy atom. The molecule has 1 amide bonds. The lowest BCUT2D eigenvalue weighted by Gasteiger charge is -2.13. The summed E-state index contributed by atoms with van der Waals surface area (Å²) < 4.78 is 39.0. The molecular formula is C14H17F2NO4. The second-order valence-electron chi connectivity index (χ2n) is 4.58. The monoisotopic (exact) mass is 301 g/mol. The molecule has 0 saturated carbocycles. The number of carbonyl (C=O) groups is 1. The number of amides is 1. The van der Waals surface area contributed by atoms with Crippen LogP contribution >= 0.6 is 0 Å². The Morgan fingerprint density at radius 2 is 2.29 bits per heavy atom. The highest BCUT2D eigenvalue weighted by molar-refractivity contribution is 5.80. The second-order valence-corrected chi connectivity index (χ2v) is 4.58. The Labute approximate surface area is 121 Å². The van der Waals surface area contributed by atoms with Crippen molar-refractivity contribution in [2.45, 2.75) is 32.1 Å². The van der Waals surface area contributed by atoms with E-state index in [4.69, 9.17) is 9.47 Å². The van der Waals surface area contributed by atoms with Crippen molar-refractivity contribution in [2.75, 3.05) is 13.7 Å². The molecule has 0 aliphatic carbocycles. The highest BCUT2D eigenvalue weighted by Crippen LogP contribution is 2.29. The van der Waals surface area contributed by atoms with Crippen LogP contribution in [0, 0.1) is 0 Å². The molecule has 1 saturated heterocycles. The van der Waals surface area contributed by atoms with E-state index < -0.39 is 12.7 Å². The highest BCUT2D eigenvalue weighted by Gasteiger charge is 2.23. The van der Waals surface area contributed by atoms with Crippen molar-refractivity contribution < 1.29 is 27.8 Å². The topological polar surface area (TPSA) is 56.8 Å². The first kappa shape index (κ1) is 15.5. The Kier molecular flexibility index (Phi) is 5.32. The minimum Gasteiger partial charge on any atom is -0.493 e. The van der Waals surface area contributed by atoms with Crippen LogP contribution in [0.5, 0.6) is 11.5 Å². The number of benzene rings is 1. The summed E-state index contributed by atoms with van der Waals surface area (Å²) in [4.78, 5) is 11.8. The van der Waals surface area contributed by atoms with Gasteiger partial charge in [0.2, 0.25) is 5.91 Å². The molecule has 1 atom stereocenters. The maximum absolute atomic E-state index is 12.2. The zero-order valence-corrected chi connectivity index (χ0v) is 11.6. The second kappa shape index (κ2) is 7.21. The third kappa shape index (κ3) is 4.29. The molecule has 1 heterocycles. The predicted molar refractivity (Wildman–Crippen MR) is 70.4 cm³/mol. The van der Waals surface area contributed by atoms with Gasteiger partial charge in [-0.2, -0.15) is 8.78 Å². The highest BCUT2D eigenvalue weighted by atomic mass is 19.3. The zero-order chi connectivity index (χ0) is 15.2. The SMILES string of the molecule is COc1cc(CNC(=O)[C@H]2CCCO2)ccc1OC(F)F. The maximum atomic E-state index is 12.2. The third-order valence-corrected chi connectivity index (χ3v) is 3.13. The molecule has 0 unspecified atom stereocenters. The number of hydrogen-bond acceptors (Lipinski definition) is 4. The maximum Gasteiger partial charge on any atom is 0.387 e. The number of nitrogens with one attached hydrogen (secondary N) is 1. The molecule has 1 fully saturated rings. The summed E-state index contributed by atoms with van der Waals surface area (Å²) in [5, 5.41) is 2.74. The summed E-state index contributed by atoms with van der Waals surface area (Å²) in [6.45, 7) is -2.04. The Morgan fingerprint density at radius 3 is 2.90 bits per heavy atom. The van der Waals surface area contributed by atoms with Gasteiger partial charge >= 0.3 is 6.61 Å². The van der Waals surface area contributed by atoms with Crippen molar-refractivity contribution in [1.82, 2.24) is 5.32 Å². The lowest BCUT2D eigenvalue weighted by Crippen LogP contribution is -2.33. The normalized spacial score (nSPS) is 17.8. The Balaban J connectivity index is 1.95. The molecule has 1 N–H and O–H groups in total. The molecule has 2 rings (SSSR count). The summed E-state index contributed by atoms with van der Waals surface area (Å²) >= 11 is 0. The van der Waals surface area contributed by atoms with Gasteiger partial charge < -0.3 is 19.5 Å². The van der Waals surface area contributed by atoms with E-state index >= 15 is 0 Å². The first-order valence-electron chi connectivity index (χ1n) is 6.61. The van der Waals surface area contributed by atoms with Gasteiger partial charge in [0.25, 0.3) is 0 Å². The molecular weight excluding hydrogens is 284 g/mol. The summed E-state index contributed by atoms with van der Waals surface area (Å²) in [7, 11) is 1.36. The number of alkyl halides is 2. The van der Waals surface area contributed by atoms with Crippen LogP contribution in [0.4, 0.5) is 8.78 Å². The smallest absolute Gasteiger partial charge is 0.387 e. The lowest BCUT2D eigenvalue weighted by molar-refractivity contribution is -0.130. The van der Waals surface area contributed by atoms with Gasteiger partial charge in [0.05, 0.1) is 7.11 Å². The van der Waals surface area contributed by atoms with Gasteiger partial charge in [0.1, 0.15) is 6.10 Å². The fourth-order valence-electron chi connectivity index (χ4n) is 2.10. The van der Waals surface area contributed by atoms with Crippen molar-refractivity contribution in [3.63, 3.8) is 0 Å². The molecule has 5 nitrogen and oxygen atoms in total. The van der Waals surface area contributed by atoms with Crippen LogP contribution in [0.25, 0.3) is 0 Å². The van der Waals surface area contributed by atoms with Crippen LogP contribution in [-0.2, 0) is 16.1 Å². The van der Waals surface area contributed by atoms with E-state index in [0.29, 0.717) is 6.61 Å². The Bertz CT molecular complexity index is 490. The van der Waals surface area contributed by atoms with Crippen molar-refractivity contribution in [2.24, 2.45) is 0 Å². The molecule has 116 valence electrons. The Hall–Kier alpha value is -1.89. The number of halogens is 2. The van der Waals surface area contributed by atoms with Gasteiger partial charge in [-0.3, -0.25) is 4.79 Å². The number of rotatable bonds is 6. The largest absolute Gasteiger partial charge is 0.493 e. The van der Waals surface area contributed by atoms with Crippen LogP contribution in [0.3, 0.4) is 0 Å². The number of hydrogen-bond donors (Lipinski definition) is 1. The van der Waals surface area contributed by atoms with Crippen molar-refractivity contribution in [3.8, 4) is 11.5 Å². The summed E-state index contributed by atoms with van der Waals surface area (Å²) in [5.41, 5.74) is 0.722. The van der Waals surface area contributed by atoms with Gasteiger partial charge in [0, 0.05) is 13.2 Å². The van der Waals surface area contributed by atoms with E-state index in [1.165, 1.54) is 13.2 Å². The fraction of sp³-hybridized carbons (Fsp3) is 0.500. The van der Waals surface area contributed by atoms with Gasteiger partial charge in [-0.05, 0) is 30.5 Å². The first-order valence-corrected chi connectivity index (χ1v) is 6.61. The quantitative estimate of drug-likeness (QED) is 0.874. The minimum atomic E-state index is -2.91. The van der Waals surface area contributed by atoms with Gasteiger partial charge in [-0.15, -0.1) is 0 Å². The summed E-state index contributed by atoms with van der Waals surface area (Å²) in [6.07, 6.45) is 1.20. The van der Waals surface area contributed by atoms with Crippen LogP contribution in [0.15, 0.2) is 18.2 Å². The third-order valence-electron chi connectivity index (χ3n) is 3.13. The number of ether oxygens (including phenoxy) is 3. The van der Waals surface area contributed by atoms with E-state index in [0.717, 1.165) is 18.4 Å². The molecule has 1 aromatic rings. The molecule has 0 spiro atoms. The molecule has 1 aromatic carbocycles. The van der Waals surface area contributed by atoms with E-state index in [1.807, 2.05) is 0 Å². The van der Waals surface area contributed by atoms with Crippen LogP contribution in [0.1, 0.15) is 18.4 Å². The van der Waals surface area contributed by atoms with Crippen molar-refractivity contribution in [1.29, 1.82) is 0 Å². The lowest BCUT2D eigenvalue weighted by atomic mass is 10.2. The van der Waals surface area contributed by atoms with Gasteiger partial charge in [-0.25, -0.2) is 0 Å². The molecule has 0 aromatic heterocycles. The van der Waals surface area contributed by atoms with E-state index in [1.54, 1.807) is 12.1 Å². The standard InChI is InChI=1S/C14H17F2NO4/c1-19-12-7-9(4-5-10(12)21-14(15)16)8-17-13(18)11-3-2-6-20-11/h4-5,7,11,14H,2-3,6,8H2,1H3,(H,17,18)/t11-/m1/s1. The molecule has 0 radical (unpaired) electrons. The number of carbonyl (C=O) groups excluding carboxylic acids is 1. The van der Waals surface area contributed by atoms with Gasteiger partial charge in [-0.1, -0.05) is 6.07 Å².